The topological polar surface area (TPSA) is 60.8 Å². The fourth-order valence-corrected chi connectivity index (χ4v) is 1.60. The molecule has 0 aromatic carbocycles. The second-order valence-corrected chi connectivity index (χ2v) is 3.41. The summed E-state index contributed by atoms with van der Waals surface area (Å²) in [6.45, 7) is 2.48. The minimum atomic E-state index is -0.874. The van der Waals surface area contributed by atoms with Gasteiger partial charge in [0.25, 0.3) is 0 Å². The Hall–Kier alpha value is -0.770. The van der Waals surface area contributed by atoms with E-state index in [4.69, 9.17) is 10.2 Å². The molecule has 1 heterocycles. The molecule has 0 bridgehead atoms. The number of carbonyl (C=O) groups is 1. The lowest BCUT2D eigenvalue weighted by Gasteiger charge is -2.35. The van der Waals surface area contributed by atoms with Crippen molar-refractivity contribution in [3.8, 4) is 0 Å². The summed E-state index contributed by atoms with van der Waals surface area (Å²) < 4.78 is 0. The number of amides is 1. The molecule has 12 heavy (non-hydrogen) atoms. The number of carboxylic acid groups (broad SMARTS) is 1. The predicted octanol–water partition coefficient (Wildman–Crippen LogP) is 0.757. The van der Waals surface area contributed by atoms with Gasteiger partial charge < -0.3 is 15.1 Å². The van der Waals surface area contributed by atoms with Crippen molar-refractivity contribution in [2.75, 3.05) is 13.2 Å². The van der Waals surface area contributed by atoms with E-state index in [1.54, 1.807) is 0 Å². The summed E-state index contributed by atoms with van der Waals surface area (Å²) in [4.78, 5) is 12.1. The van der Waals surface area contributed by atoms with Crippen LogP contribution in [-0.4, -0.2) is 40.4 Å². The van der Waals surface area contributed by atoms with Crippen LogP contribution in [0.3, 0.4) is 0 Å². The van der Waals surface area contributed by atoms with Gasteiger partial charge in [0.2, 0.25) is 0 Å². The van der Waals surface area contributed by atoms with Gasteiger partial charge in [-0.3, -0.25) is 0 Å². The maximum Gasteiger partial charge on any atom is 0.407 e. The zero-order valence-electron chi connectivity index (χ0n) is 7.23. The van der Waals surface area contributed by atoms with Gasteiger partial charge >= 0.3 is 6.09 Å². The van der Waals surface area contributed by atoms with Gasteiger partial charge in [-0.15, -0.1) is 0 Å². The van der Waals surface area contributed by atoms with Gasteiger partial charge in [-0.05, 0) is 25.7 Å². The number of nitrogens with zero attached hydrogens (tertiary/aromatic N) is 1. The van der Waals surface area contributed by atoms with Crippen LogP contribution in [0.4, 0.5) is 4.79 Å². The van der Waals surface area contributed by atoms with Crippen molar-refractivity contribution < 1.29 is 15.0 Å². The van der Waals surface area contributed by atoms with Crippen molar-refractivity contribution in [2.45, 2.75) is 25.8 Å². The fraction of sp³-hybridized carbons (Fsp3) is 0.875. The molecule has 1 saturated heterocycles. The van der Waals surface area contributed by atoms with E-state index >= 15 is 0 Å². The Morgan fingerprint density at radius 2 is 2.25 bits per heavy atom. The third-order valence-corrected chi connectivity index (χ3v) is 2.48. The van der Waals surface area contributed by atoms with E-state index in [0.29, 0.717) is 6.54 Å². The molecule has 2 atom stereocenters. The van der Waals surface area contributed by atoms with Crippen LogP contribution in [-0.2, 0) is 0 Å². The summed E-state index contributed by atoms with van der Waals surface area (Å²) in [6.07, 6.45) is 0.916. The summed E-state index contributed by atoms with van der Waals surface area (Å²) in [5.74, 6) is 0.136. The number of rotatable bonds is 1. The summed E-state index contributed by atoms with van der Waals surface area (Å²) in [5.41, 5.74) is 0. The maximum absolute atomic E-state index is 10.7. The van der Waals surface area contributed by atoms with Crippen molar-refractivity contribution in [3.63, 3.8) is 0 Å². The summed E-state index contributed by atoms with van der Waals surface area (Å²) >= 11 is 0. The molecule has 0 spiro atoms. The van der Waals surface area contributed by atoms with Gasteiger partial charge in [-0.2, -0.15) is 0 Å². The van der Waals surface area contributed by atoms with Crippen LogP contribution in [0.2, 0.25) is 0 Å². The smallest absolute Gasteiger partial charge is 0.407 e. The minimum Gasteiger partial charge on any atom is -0.465 e. The summed E-state index contributed by atoms with van der Waals surface area (Å²) in [5, 5.41) is 17.6. The average Bonchev–Trinajstić information content (AvgIpc) is 2.05. The van der Waals surface area contributed by atoms with Crippen molar-refractivity contribution >= 4 is 6.09 Å². The first-order valence-corrected chi connectivity index (χ1v) is 4.25. The molecule has 1 aliphatic rings. The van der Waals surface area contributed by atoms with Gasteiger partial charge in [0.05, 0.1) is 0 Å². The molecule has 1 rings (SSSR count). The number of aliphatic hydroxyl groups is 1. The fourth-order valence-electron chi connectivity index (χ4n) is 1.60. The molecule has 0 saturated carbocycles. The molecule has 4 nitrogen and oxygen atoms in total. The first-order chi connectivity index (χ1) is 5.65. The third-order valence-electron chi connectivity index (χ3n) is 2.48. The van der Waals surface area contributed by atoms with Crippen LogP contribution in [0.25, 0.3) is 0 Å². The highest BCUT2D eigenvalue weighted by Gasteiger charge is 2.27. The Morgan fingerprint density at radius 3 is 2.75 bits per heavy atom. The van der Waals surface area contributed by atoms with Crippen LogP contribution in [0.5, 0.6) is 0 Å². The number of aliphatic hydroxyl groups excluding tert-OH is 1. The average molecular weight is 173 g/mol. The number of piperidine rings is 1. The molecule has 0 aromatic heterocycles. The largest absolute Gasteiger partial charge is 0.465 e. The molecule has 2 N–H and O–H groups in total. The van der Waals surface area contributed by atoms with Gasteiger partial charge in [-0.1, -0.05) is 0 Å². The van der Waals surface area contributed by atoms with Gasteiger partial charge in [0.1, 0.15) is 0 Å². The van der Waals surface area contributed by atoms with E-state index < -0.39 is 6.09 Å². The molecular formula is C8H15NO3. The van der Waals surface area contributed by atoms with Crippen molar-refractivity contribution in [1.29, 1.82) is 0 Å². The van der Waals surface area contributed by atoms with Crippen LogP contribution < -0.4 is 0 Å². The maximum atomic E-state index is 10.7. The van der Waals surface area contributed by atoms with E-state index in [9.17, 15) is 4.79 Å². The van der Waals surface area contributed by atoms with Crippen LogP contribution >= 0.6 is 0 Å². The highest BCUT2D eigenvalue weighted by Crippen LogP contribution is 2.21. The molecule has 0 radical (unpaired) electrons. The molecular weight excluding hydrogens is 158 g/mol. The molecule has 1 fully saturated rings. The molecule has 1 amide bonds. The van der Waals surface area contributed by atoms with Crippen LogP contribution in [0, 0.1) is 5.92 Å². The van der Waals surface area contributed by atoms with Gasteiger partial charge in [-0.25, -0.2) is 4.79 Å². The first kappa shape index (κ1) is 9.32. The van der Waals surface area contributed by atoms with E-state index in [1.165, 1.54) is 4.90 Å². The van der Waals surface area contributed by atoms with Crippen molar-refractivity contribution in [2.24, 2.45) is 5.92 Å². The molecule has 0 aromatic rings. The molecule has 4 heteroatoms. The quantitative estimate of drug-likeness (QED) is 0.615. The molecule has 2 unspecified atom stereocenters. The Labute approximate surface area is 71.8 Å². The lowest BCUT2D eigenvalue weighted by molar-refractivity contribution is 0.0739. The third kappa shape index (κ3) is 1.88. The lowest BCUT2D eigenvalue weighted by Crippen LogP contribution is -2.45. The van der Waals surface area contributed by atoms with Gasteiger partial charge in [0.15, 0.2) is 0 Å². The number of hydrogen-bond donors (Lipinski definition) is 2. The second kappa shape index (κ2) is 3.76. The molecule has 1 aliphatic heterocycles. The Kier molecular flexibility index (Phi) is 2.92. The van der Waals surface area contributed by atoms with E-state index in [1.807, 2.05) is 6.92 Å². The Balaban J connectivity index is 2.53. The standard InChI is InChI=1S/C8H15NO3/c1-6-2-3-7(5-10)4-9(6)8(11)12/h6-7,10H,2-5H2,1H3,(H,11,12). The number of hydrogen-bond acceptors (Lipinski definition) is 2. The van der Waals surface area contributed by atoms with E-state index in [2.05, 4.69) is 0 Å². The number of likely N-dealkylation sites (tertiary alicyclic amines) is 1. The normalized spacial score (nSPS) is 30.3. The Morgan fingerprint density at radius 1 is 1.58 bits per heavy atom. The first-order valence-electron chi connectivity index (χ1n) is 4.25. The van der Waals surface area contributed by atoms with Crippen molar-refractivity contribution in [3.05, 3.63) is 0 Å². The zero-order valence-corrected chi connectivity index (χ0v) is 7.23. The monoisotopic (exact) mass is 173 g/mol. The second-order valence-electron chi connectivity index (χ2n) is 3.41. The zero-order chi connectivity index (χ0) is 9.14. The minimum absolute atomic E-state index is 0.0938. The van der Waals surface area contributed by atoms with Crippen LogP contribution in [0.15, 0.2) is 0 Å². The van der Waals surface area contributed by atoms with Gasteiger partial charge in [0, 0.05) is 19.2 Å². The SMILES string of the molecule is CC1CCC(CO)CN1C(=O)O. The summed E-state index contributed by atoms with van der Waals surface area (Å²) in [6, 6.07) is 0.102. The highest BCUT2D eigenvalue weighted by molar-refractivity contribution is 5.65. The molecule has 70 valence electrons. The van der Waals surface area contributed by atoms with E-state index in [0.717, 1.165) is 12.8 Å². The van der Waals surface area contributed by atoms with Crippen LogP contribution in [0.1, 0.15) is 19.8 Å². The van der Waals surface area contributed by atoms with E-state index in [-0.39, 0.29) is 18.6 Å². The summed E-state index contributed by atoms with van der Waals surface area (Å²) in [7, 11) is 0. The predicted molar refractivity (Wildman–Crippen MR) is 44.0 cm³/mol. The molecule has 0 aliphatic carbocycles. The van der Waals surface area contributed by atoms with Crippen molar-refractivity contribution in [1.82, 2.24) is 4.90 Å². The highest BCUT2D eigenvalue weighted by atomic mass is 16.4. The Bertz CT molecular complexity index is 172. The lowest BCUT2D eigenvalue weighted by atomic mass is 9.95.